The zero-order chi connectivity index (χ0) is 43.1. The van der Waals surface area contributed by atoms with Gasteiger partial charge in [-0.25, -0.2) is 0 Å². The molecule has 0 saturated heterocycles. The zero-order valence-electron chi connectivity index (χ0n) is 38.8. The minimum atomic E-state index is -4.25. The van der Waals surface area contributed by atoms with E-state index in [1.807, 2.05) is 55.4 Å². The first kappa shape index (κ1) is 75.3. The first-order valence-corrected chi connectivity index (χ1v) is 20.2. The van der Waals surface area contributed by atoms with E-state index in [0.717, 1.165) is 65.7 Å². The Kier molecular flexibility index (Phi) is 79.1. The minimum absolute atomic E-state index is 0. The molecular formula is C44H103F3O8. The van der Waals surface area contributed by atoms with Gasteiger partial charge in [0.05, 0.1) is 39.6 Å². The number of unbranched alkanes of at least 4 members (excludes halogenated alkanes) is 4. The molecule has 0 radical (unpaired) electrons. The SMILES string of the molecule is C.C.CC.CC.CCC(C)(COC)COCC(F)(F)F.CCCCCOC.CCCCCOC.CCOCC(C)(CC)COCC.COCC(C)(C)COC. The fourth-order valence-corrected chi connectivity index (χ4v) is 3.77. The molecule has 8 nitrogen and oxygen atoms in total. The standard InChI is InChI=1S/C10H22O2.C9H17F3O2.C7H16O2.2C6H14O.2C2H6.2CH4/c1-5-10(4,8-11-6-2)9-12-7-3;1-4-8(2,5-13-3)6-14-7-9(10,11)12;1-7(2,5-8-3)6-9-4;2*1-3-4-5-6-7-2;2*1-2;;/h5-9H2,1-4H3;4-7H2,1-3H3;5-6H2,1-4H3;2*3-6H2,1-2H3;2*1-2H3;2*1H4. The Balaban J connectivity index is -0.0000000680. The third-order valence-electron chi connectivity index (χ3n) is 7.20. The van der Waals surface area contributed by atoms with Crippen LogP contribution in [0.15, 0.2) is 0 Å². The summed E-state index contributed by atoms with van der Waals surface area (Å²) >= 11 is 0. The summed E-state index contributed by atoms with van der Waals surface area (Å²) in [6.07, 6.45) is 5.17. The molecule has 0 saturated carbocycles. The molecule has 0 aliphatic rings. The van der Waals surface area contributed by atoms with Gasteiger partial charge in [-0.1, -0.05) is 124 Å². The van der Waals surface area contributed by atoms with Gasteiger partial charge in [-0.3, -0.25) is 0 Å². The third kappa shape index (κ3) is 75.0. The van der Waals surface area contributed by atoms with E-state index in [2.05, 4.69) is 46.3 Å². The summed E-state index contributed by atoms with van der Waals surface area (Å²) in [6, 6.07) is 0. The van der Waals surface area contributed by atoms with Gasteiger partial charge in [0.25, 0.3) is 0 Å². The number of methoxy groups -OCH3 is 5. The molecule has 0 aliphatic heterocycles. The van der Waals surface area contributed by atoms with E-state index in [1.165, 1.54) is 45.6 Å². The molecular weight excluding hydrogens is 713 g/mol. The minimum Gasteiger partial charge on any atom is -0.385 e. The molecule has 1 atom stereocenters. The lowest BCUT2D eigenvalue weighted by atomic mass is 9.90. The Hall–Kier alpha value is -0.530. The predicted octanol–water partition coefficient (Wildman–Crippen LogP) is 13.4. The maximum Gasteiger partial charge on any atom is 0.411 e. The van der Waals surface area contributed by atoms with E-state index < -0.39 is 12.8 Å². The molecule has 1 unspecified atom stereocenters. The van der Waals surface area contributed by atoms with Gasteiger partial charge >= 0.3 is 6.18 Å². The van der Waals surface area contributed by atoms with Crippen LogP contribution < -0.4 is 0 Å². The van der Waals surface area contributed by atoms with E-state index in [0.29, 0.717) is 6.61 Å². The van der Waals surface area contributed by atoms with Crippen molar-refractivity contribution in [2.24, 2.45) is 16.2 Å². The lowest BCUT2D eigenvalue weighted by Crippen LogP contribution is -2.30. The number of halogens is 3. The Bertz CT molecular complexity index is 578. The molecule has 0 bridgehead atoms. The van der Waals surface area contributed by atoms with Gasteiger partial charge in [0.2, 0.25) is 0 Å². The molecule has 55 heavy (non-hydrogen) atoms. The zero-order valence-corrected chi connectivity index (χ0v) is 38.8. The number of rotatable bonds is 25. The van der Waals surface area contributed by atoms with Gasteiger partial charge in [0.1, 0.15) is 6.61 Å². The number of alkyl halides is 3. The smallest absolute Gasteiger partial charge is 0.385 e. The van der Waals surface area contributed by atoms with Crippen LogP contribution in [0, 0.1) is 16.2 Å². The second-order valence-electron chi connectivity index (χ2n) is 13.6. The molecule has 0 N–H and O–H groups in total. The van der Waals surface area contributed by atoms with Crippen LogP contribution in [0.5, 0.6) is 0 Å². The van der Waals surface area contributed by atoms with Crippen molar-refractivity contribution in [1.82, 2.24) is 0 Å². The normalized spacial score (nSPS) is 11.5. The van der Waals surface area contributed by atoms with E-state index in [-0.39, 0.29) is 37.7 Å². The van der Waals surface area contributed by atoms with Crippen LogP contribution >= 0.6 is 0 Å². The number of hydrogen-bond donors (Lipinski definition) is 0. The molecule has 0 rings (SSSR count). The lowest BCUT2D eigenvalue weighted by Gasteiger charge is -2.27. The number of ether oxygens (including phenoxy) is 8. The molecule has 0 heterocycles. The second kappa shape index (κ2) is 57.8. The Morgan fingerprint density at radius 1 is 0.400 bits per heavy atom. The quantitative estimate of drug-likeness (QED) is 0.0844. The van der Waals surface area contributed by atoms with Crippen molar-refractivity contribution in [2.45, 2.75) is 169 Å². The fraction of sp³-hybridized carbons (Fsp3) is 1.00. The average molecular weight is 817 g/mol. The highest BCUT2D eigenvalue weighted by atomic mass is 19.4. The van der Waals surface area contributed by atoms with Crippen LogP contribution in [0.4, 0.5) is 13.2 Å². The van der Waals surface area contributed by atoms with Gasteiger partial charge in [0.15, 0.2) is 0 Å². The summed E-state index contributed by atoms with van der Waals surface area (Å²) in [7, 11) is 8.43. The average Bonchev–Trinajstić information content (AvgIpc) is 3.12. The van der Waals surface area contributed by atoms with Gasteiger partial charge < -0.3 is 37.9 Å². The third-order valence-corrected chi connectivity index (χ3v) is 7.20. The molecule has 0 aromatic heterocycles. The molecule has 0 fully saturated rings. The predicted molar refractivity (Wildman–Crippen MR) is 235 cm³/mol. The van der Waals surface area contributed by atoms with E-state index >= 15 is 0 Å². The topological polar surface area (TPSA) is 73.8 Å². The van der Waals surface area contributed by atoms with Crippen LogP contribution in [0.25, 0.3) is 0 Å². The van der Waals surface area contributed by atoms with Crippen LogP contribution in [-0.2, 0) is 37.9 Å². The molecule has 0 spiro atoms. The Morgan fingerprint density at radius 3 is 0.945 bits per heavy atom. The Labute approximate surface area is 344 Å². The maximum atomic E-state index is 11.8. The summed E-state index contributed by atoms with van der Waals surface area (Å²) in [4.78, 5) is 0. The van der Waals surface area contributed by atoms with Crippen molar-refractivity contribution in [3.05, 3.63) is 0 Å². The van der Waals surface area contributed by atoms with Crippen molar-refractivity contribution < 1.29 is 51.1 Å². The Morgan fingerprint density at radius 2 is 0.709 bits per heavy atom. The largest absolute Gasteiger partial charge is 0.411 e. The summed E-state index contributed by atoms with van der Waals surface area (Å²) in [5.74, 6) is 0. The van der Waals surface area contributed by atoms with E-state index in [4.69, 9.17) is 33.2 Å². The van der Waals surface area contributed by atoms with Crippen molar-refractivity contribution in [3.8, 4) is 0 Å². The first-order chi connectivity index (χ1) is 25.0. The second-order valence-corrected chi connectivity index (χ2v) is 13.6. The van der Waals surface area contributed by atoms with Crippen LogP contribution in [0.2, 0.25) is 0 Å². The van der Waals surface area contributed by atoms with Crippen LogP contribution in [-0.4, -0.2) is 114 Å². The monoisotopic (exact) mass is 817 g/mol. The van der Waals surface area contributed by atoms with Crippen LogP contribution in [0.3, 0.4) is 0 Å². The van der Waals surface area contributed by atoms with Crippen molar-refractivity contribution >= 4 is 0 Å². The van der Waals surface area contributed by atoms with Gasteiger partial charge in [-0.2, -0.15) is 13.2 Å². The van der Waals surface area contributed by atoms with Crippen molar-refractivity contribution in [3.63, 3.8) is 0 Å². The van der Waals surface area contributed by atoms with Crippen LogP contribution in [0.1, 0.15) is 163 Å². The summed E-state index contributed by atoms with van der Waals surface area (Å²) in [5.41, 5.74) is 0.0233. The molecule has 0 aliphatic carbocycles. The van der Waals surface area contributed by atoms with Crippen molar-refractivity contribution in [2.75, 3.05) is 108 Å². The summed E-state index contributed by atoms with van der Waals surface area (Å²) in [5, 5.41) is 0. The maximum absolute atomic E-state index is 11.8. The van der Waals surface area contributed by atoms with Crippen molar-refractivity contribution in [1.29, 1.82) is 0 Å². The van der Waals surface area contributed by atoms with E-state index in [1.54, 1.807) is 28.4 Å². The summed E-state index contributed by atoms with van der Waals surface area (Å²) in [6.45, 7) is 34.6. The van der Waals surface area contributed by atoms with Gasteiger partial charge in [-0.15, -0.1) is 0 Å². The summed E-state index contributed by atoms with van der Waals surface area (Å²) < 4.78 is 75.3. The molecule has 348 valence electrons. The first-order valence-electron chi connectivity index (χ1n) is 20.2. The molecule has 0 aromatic rings. The highest BCUT2D eigenvalue weighted by Gasteiger charge is 2.30. The van der Waals surface area contributed by atoms with Gasteiger partial charge in [0, 0.05) is 78.2 Å². The lowest BCUT2D eigenvalue weighted by molar-refractivity contribution is -0.182. The highest BCUT2D eigenvalue weighted by Crippen LogP contribution is 2.24. The van der Waals surface area contributed by atoms with E-state index in [9.17, 15) is 13.2 Å². The van der Waals surface area contributed by atoms with Gasteiger partial charge in [-0.05, 0) is 39.5 Å². The molecule has 11 heteroatoms. The fourth-order valence-electron chi connectivity index (χ4n) is 3.77. The molecule has 0 amide bonds. The molecule has 0 aromatic carbocycles. The highest BCUT2D eigenvalue weighted by molar-refractivity contribution is 4.72. The number of hydrogen-bond acceptors (Lipinski definition) is 8.